The van der Waals surface area contributed by atoms with E-state index in [2.05, 4.69) is 17.7 Å². The van der Waals surface area contributed by atoms with Crippen molar-refractivity contribution in [2.75, 3.05) is 0 Å². The maximum Gasteiger partial charge on any atom is 0.269 e. The second-order valence-corrected chi connectivity index (χ2v) is 3.42. The molecule has 4 nitrogen and oxygen atoms in total. The first-order chi connectivity index (χ1) is 5.52. The number of hydrogen-bond acceptors (Lipinski definition) is 3. The van der Waals surface area contributed by atoms with Crippen LogP contribution >= 0.6 is 12.6 Å². The minimum absolute atomic E-state index is 0.0267. The quantitative estimate of drug-likeness (QED) is 0.659. The van der Waals surface area contributed by atoms with E-state index in [0.717, 1.165) is 5.56 Å². The molecule has 2 N–H and O–H groups in total. The molecule has 1 aromatic heterocycles. The van der Waals surface area contributed by atoms with Crippen LogP contribution in [0.5, 0.6) is 0 Å². The highest BCUT2D eigenvalue weighted by atomic mass is 32.1. The fourth-order valence-corrected chi connectivity index (χ4v) is 1.19. The minimum Gasteiger partial charge on any atom is -0.364 e. The number of carbonyl (C=O) groups excluding carboxylic acids is 1. The lowest BCUT2D eigenvalue weighted by Gasteiger charge is -1.99. The molecule has 1 atom stereocenters. The van der Waals surface area contributed by atoms with Crippen LogP contribution < -0.4 is 5.73 Å². The Bertz CT molecular complexity index is 306. The zero-order chi connectivity index (χ0) is 9.30. The summed E-state index contributed by atoms with van der Waals surface area (Å²) >= 11 is 4.20. The van der Waals surface area contributed by atoms with Crippen molar-refractivity contribution in [3.05, 3.63) is 17.5 Å². The van der Waals surface area contributed by atoms with Crippen molar-refractivity contribution < 1.29 is 4.79 Å². The number of amides is 1. The monoisotopic (exact) mass is 185 g/mol. The van der Waals surface area contributed by atoms with E-state index in [9.17, 15) is 4.79 Å². The summed E-state index contributed by atoms with van der Waals surface area (Å²) in [5, 5.41) is 3.90. The van der Waals surface area contributed by atoms with Gasteiger partial charge in [0.15, 0.2) is 5.69 Å². The number of rotatable bonds is 2. The maximum atomic E-state index is 10.9. The largest absolute Gasteiger partial charge is 0.364 e. The Morgan fingerprint density at radius 1 is 1.83 bits per heavy atom. The van der Waals surface area contributed by atoms with Gasteiger partial charge in [-0.2, -0.15) is 17.7 Å². The van der Waals surface area contributed by atoms with Crippen LogP contribution in [-0.4, -0.2) is 15.7 Å². The molecule has 0 aromatic carbocycles. The first kappa shape index (κ1) is 9.12. The Morgan fingerprint density at radius 3 is 2.75 bits per heavy atom. The summed E-state index contributed by atoms with van der Waals surface area (Å²) in [6.07, 6.45) is 1.75. The third-order valence-corrected chi connectivity index (χ3v) is 1.82. The second-order valence-electron chi connectivity index (χ2n) is 2.65. The Hall–Kier alpha value is -0.970. The van der Waals surface area contributed by atoms with Crippen LogP contribution in [0.3, 0.4) is 0 Å². The molecule has 0 aliphatic heterocycles. The molecule has 0 aliphatic rings. The molecule has 1 unspecified atom stereocenters. The molecule has 0 saturated heterocycles. The number of nitrogens with two attached hydrogens (primary N) is 1. The van der Waals surface area contributed by atoms with Gasteiger partial charge in [-0.15, -0.1) is 0 Å². The predicted octanol–water partition coefficient (Wildman–Crippen LogP) is 0.510. The minimum atomic E-state index is -0.508. The molecular weight excluding hydrogens is 174 g/mol. The topological polar surface area (TPSA) is 60.9 Å². The van der Waals surface area contributed by atoms with Crippen molar-refractivity contribution in [3.8, 4) is 0 Å². The molecule has 0 aliphatic carbocycles. The van der Waals surface area contributed by atoms with E-state index in [1.165, 1.54) is 0 Å². The maximum absolute atomic E-state index is 10.9. The lowest BCUT2D eigenvalue weighted by Crippen LogP contribution is -2.14. The van der Waals surface area contributed by atoms with Gasteiger partial charge in [0.1, 0.15) is 0 Å². The molecule has 0 saturated carbocycles. The van der Waals surface area contributed by atoms with E-state index >= 15 is 0 Å². The van der Waals surface area contributed by atoms with E-state index in [4.69, 9.17) is 5.73 Å². The fraction of sp³-hybridized carbons (Fsp3) is 0.429. The average molecular weight is 185 g/mol. The Morgan fingerprint density at radius 2 is 2.42 bits per heavy atom. The van der Waals surface area contributed by atoms with Crippen LogP contribution in [0.1, 0.15) is 28.2 Å². The van der Waals surface area contributed by atoms with E-state index in [-0.39, 0.29) is 5.25 Å². The van der Waals surface area contributed by atoms with Gasteiger partial charge in [0.2, 0.25) is 0 Å². The number of aryl methyl sites for hydroxylation is 1. The molecule has 1 rings (SSSR count). The van der Waals surface area contributed by atoms with Crippen molar-refractivity contribution in [3.63, 3.8) is 0 Å². The van der Waals surface area contributed by atoms with Crippen molar-refractivity contribution in [1.29, 1.82) is 0 Å². The van der Waals surface area contributed by atoms with E-state index in [0.29, 0.717) is 5.69 Å². The number of hydrogen-bond donors (Lipinski definition) is 2. The lowest BCUT2D eigenvalue weighted by molar-refractivity contribution is 0.0994. The van der Waals surface area contributed by atoms with Crippen molar-refractivity contribution >= 4 is 18.5 Å². The Labute approximate surface area is 76.2 Å². The fourth-order valence-electron chi connectivity index (χ4n) is 1.00. The van der Waals surface area contributed by atoms with Crippen LogP contribution in [0, 0.1) is 0 Å². The standard InChI is InChI=1S/C7H11N3OS/c1-4(12)5-3-10(2)9-6(5)7(8)11/h3-4,12H,1-2H3,(H2,8,11). The third kappa shape index (κ3) is 1.61. The lowest BCUT2D eigenvalue weighted by atomic mass is 10.2. The van der Waals surface area contributed by atoms with Gasteiger partial charge in [0.25, 0.3) is 5.91 Å². The summed E-state index contributed by atoms with van der Waals surface area (Å²) in [6, 6.07) is 0. The molecule has 5 heteroatoms. The summed E-state index contributed by atoms with van der Waals surface area (Å²) in [7, 11) is 1.74. The number of primary amides is 1. The van der Waals surface area contributed by atoms with Crippen LogP contribution in [0.15, 0.2) is 6.20 Å². The van der Waals surface area contributed by atoms with Gasteiger partial charge in [-0.1, -0.05) is 0 Å². The van der Waals surface area contributed by atoms with Crippen molar-refractivity contribution in [1.82, 2.24) is 9.78 Å². The normalized spacial score (nSPS) is 12.9. The van der Waals surface area contributed by atoms with Gasteiger partial charge in [-0.05, 0) is 6.92 Å². The summed E-state index contributed by atoms with van der Waals surface area (Å²) < 4.78 is 1.56. The number of nitrogens with zero attached hydrogens (tertiary/aromatic N) is 2. The predicted molar refractivity (Wildman–Crippen MR) is 49.1 cm³/mol. The molecular formula is C7H11N3OS. The van der Waals surface area contributed by atoms with E-state index in [1.54, 1.807) is 17.9 Å². The van der Waals surface area contributed by atoms with Gasteiger partial charge in [0, 0.05) is 24.1 Å². The van der Waals surface area contributed by atoms with E-state index < -0.39 is 5.91 Å². The molecule has 1 aromatic rings. The third-order valence-electron chi connectivity index (χ3n) is 1.54. The van der Waals surface area contributed by atoms with Crippen LogP contribution in [-0.2, 0) is 7.05 Å². The molecule has 0 radical (unpaired) electrons. The van der Waals surface area contributed by atoms with Crippen molar-refractivity contribution in [2.24, 2.45) is 12.8 Å². The van der Waals surface area contributed by atoms with Crippen LogP contribution in [0.25, 0.3) is 0 Å². The average Bonchev–Trinajstić information content (AvgIpc) is 2.31. The van der Waals surface area contributed by atoms with Gasteiger partial charge in [0.05, 0.1) is 0 Å². The summed E-state index contributed by atoms with van der Waals surface area (Å²) in [4.78, 5) is 10.9. The highest BCUT2D eigenvalue weighted by Gasteiger charge is 2.15. The van der Waals surface area contributed by atoms with Gasteiger partial charge >= 0.3 is 0 Å². The Balaban J connectivity index is 3.17. The van der Waals surface area contributed by atoms with Gasteiger partial charge in [-0.3, -0.25) is 9.48 Å². The molecule has 0 spiro atoms. The zero-order valence-electron chi connectivity index (χ0n) is 6.98. The second kappa shape index (κ2) is 3.18. The first-order valence-electron chi connectivity index (χ1n) is 3.53. The van der Waals surface area contributed by atoms with E-state index in [1.807, 2.05) is 6.92 Å². The van der Waals surface area contributed by atoms with Gasteiger partial charge < -0.3 is 5.73 Å². The molecule has 0 fully saturated rings. The van der Waals surface area contributed by atoms with Crippen LogP contribution in [0.4, 0.5) is 0 Å². The number of carbonyl (C=O) groups is 1. The highest BCUT2D eigenvalue weighted by molar-refractivity contribution is 7.80. The molecule has 1 heterocycles. The first-order valence-corrected chi connectivity index (χ1v) is 4.05. The Kier molecular flexibility index (Phi) is 2.42. The molecule has 0 bridgehead atoms. The summed E-state index contributed by atoms with van der Waals surface area (Å²) in [6.45, 7) is 1.87. The SMILES string of the molecule is CC(S)c1cn(C)nc1C(N)=O. The highest BCUT2D eigenvalue weighted by Crippen LogP contribution is 2.21. The molecule has 66 valence electrons. The molecule has 1 amide bonds. The smallest absolute Gasteiger partial charge is 0.269 e. The molecule has 12 heavy (non-hydrogen) atoms. The summed E-state index contributed by atoms with van der Waals surface area (Å²) in [5.74, 6) is -0.508. The van der Waals surface area contributed by atoms with Gasteiger partial charge in [-0.25, -0.2) is 0 Å². The van der Waals surface area contributed by atoms with Crippen molar-refractivity contribution in [2.45, 2.75) is 12.2 Å². The number of thiol groups is 1. The van der Waals surface area contributed by atoms with Crippen LogP contribution in [0.2, 0.25) is 0 Å². The summed E-state index contributed by atoms with van der Waals surface area (Å²) in [5.41, 5.74) is 6.19. The zero-order valence-corrected chi connectivity index (χ0v) is 7.88. The number of aromatic nitrogens is 2.